The van der Waals surface area contributed by atoms with Crippen LogP contribution in [0.3, 0.4) is 0 Å². The number of nitrogens with one attached hydrogen (secondary N) is 2. The summed E-state index contributed by atoms with van der Waals surface area (Å²) in [5.74, 6) is 1.73. The molecule has 0 heterocycles. The number of hydrogen-bond donors (Lipinski definition) is 2. The number of nitrogens with zero attached hydrogens (tertiary/aromatic N) is 2. The highest BCUT2D eigenvalue weighted by molar-refractivity contribution is 14.0. The van der Waals surface area contributed by atoms with Gasteiger partial charge in [-0.2, -0.15) is 0 Å². The normalized spacial score (nSPS) is 16.3. The molecule has 26 heavy (non-hydrogen) atoms. The number of likely N-dealkylation sites (N-methyl/N-ethyl adjacent to an activating group) is 1. The van der Waals surface area contributed by atoms with Gasteiger partial charge in [0.15, 0.2) is 5.96 Å². The van der Waals surface area contributed by atoms with Gasteiger partial charge in [0.25, 0.3) is 0 Å². The van der Waals surface area contributed by atoms with Crippen LogP contribution in [0.4, 0.5) is 0 Å². The van der Waals surface area contributed by atoms with Crippen molar-refractivity contribution >= 4 is 29.9 Å². The SMILES string of the molecule is CN=C(NCCN(C)C1CCCC1)NC(C)c1cc(C)ccc1OC.I. The van der Waals surface area contributed by atoms with E-state index in [4.69, 9.17) is 4.74 Å². The summed E-state index contributed by atoms with van der Waals surface area (Å²) in [6, 6.07) is 7.13. The highest BCUT2D eigenvalue weighted by Gasteiger charge is 2.19. The maximum Gasteiger partial charge on any atom is 0.191 e. The average molecular weight is 474 g/mol. The zero-order valence-electron chi connectivity index (χ0n) is 16.8. The van der Waals surface area contributed by atoms with Crippen molar-refractivity contribution in [3.8, 4) is 5.75 Å². The number of ether oxygens (including phenoxy) is 1. The van der Waals surface area contributed by atoms with Crippen LogP contribution in [0.1, 0.15) is 49.8 Å². The number of rotatable bonds is 7. The molecule has 1 aromatic rings. The summed E-state index contributed by atoms with van der Waals surface area (Å²) in [5.41, 5.74) is 2.37. The van der Waals surface area contributed by atoms with Crippen LogP contribution in [0.25, 0.3) is 0 Å². The fraction of sp³-hybridized carbons (Fsp3) is 0.650. The zero-order valence-corrected chi connectivity index (χ0v) is 19.2. The number of guanidine groups is 1. The third-order valence-corrected chi connectivity index (χ3v) is 5.13. The Morgan fingerprint density at radius 2 is 2.04 bits per heavy atom. The summed E-state index contributed by atoms with van der Waals surface area (Å²) < 4.78 is 5.50. The first-order chi connectivity index (χ1) is 12.0. The monoisotopic (exact) mass is 474 g/mol. The van der Waals surface area contributed by atoms with E-state index in [2.05, 4.69) is 53.6 Å². The lowest BCUT2D eigenvalue weighted by Gasteiger charge is -2.25. The highest BCUT2D eigenvalue weighted by atomic mass is 127. The van der Waals surface area contributed by atoms with Gasteiger partial charge in [-0.1, -0.05) is 30.5 Å². The number of aliphatic imine (C=N–C) groups is 1. The molecular weight excluding hydrogens is 439 g/mol. The van der Waals surface area contributed by atoms with Gasteiger partial charge in [0, 0.05) is 31.7 Å². The molecule has 0 radical (unpaired) electrons. The van der Waals surface area contributed by atoms with E-state index in [1.54, 1.807) is 7.11 Å². The molecule has 2 rings (SSSR count). The van der Waals surface area contributed by atoms with E-state index in [1.165, 1.54) is 31.2 Å². The van der Waals surface area contributed by atoms with Gasteiger partial charge in [-0.05, 0) is 39.8 Å². The van der Waals surface area contributed by atoms with Crippen LogP contribution in [-0.2, 0) is 0 Å². The molecular formula is C20H35IN4O. The van der Waals surface area contributed by atoms with E-state index < -0.39 is 0 Å². The minimum absolute atomic E-state index is 0. The summed E-state index contributed by atoms with van der Waals surface area (Å²) in [6.45, 7) is 6.16. The third kappa shape index (κ3) is 6.61. The summed E-state index contributed by atoms with van der Waals surface area (Å²) in [4.78, 5) is 6.83. The maximum atomic E-state index is 5.50. The molecule has 148 valence electrons. The Bertz CT molecular complexity index is 573. The summed E-state index contributed by atoms with van der Waals surface area (Å²) in [5, 5.41) is 6.90. The number of halogens is 1. The van der Waals surface area contributed by atoms with E-state index in [9.17, 15) is 0 Å². The first kappa shape index (κ1) is 23.0. The molecule has 0 saturated heterocycles. The van der Waals surface area contributed by atoms with Gasteiger partial charge < -0.3 is 20.3 Å². The number of aryl methyl sites for hydroxylation is 1. The Kier molecular flexibility index (Phi) is 10.3. The maximum absolute atomic E-state index is 5.50. The van der Waals surface area contributed by atoms with Crippen LogP contribution in [0, 0.1) is 6.92 Å². The van der Waals surface area contributed by atoms with Crippen molar-refractivity contribution in [3.05, 3.63) is 29.3 Å². The summed E-state index contributed by atoms with van der Waals surface area (Å²) >= 11 is 0. The molecule has 0 aromatic heterocycles. The van der Waals surface area contributed by atoms with Crippen LogP contribution >= 0.6 is 24.0 Å². The first-order valence-electron chi connectivity index (χ1n) is 9.37. The molecule has 2 N–H and O–H groups in total. The van der Waals surface area contributed by atoms with Crippen molar-refractivity contribution in [1.29, 1.82) is 0 Å². The fourth-order valence-corrected chi connectivity index (χ4v) is 3.55. The molecule has 1 aliphatic carbocycles. The molecule has 1 aliphatic rings. The van der Waals surface area contributed by atoms with E-state index in [-0.39, 0.29) is 30.0 Å². The lowest BCUT2D eigenvalue weighted by atomic mass is 10.0. The Labute approximate surface area is 176 Å². The number of benzene rings is 1. The van der Waals surface area contributed by atoms with Gasteiger partial charge in [0.05, 0.1) is 13.2 Å². The van der Waals surface area contributed by atoms with Crippen LogP contribution < -0.4 is 15.4 Å². The second kappa shape index (κ2) is 11.6. The van der Waals surface area contributed by atoms with Crippen LogP contribution in [0.5, 0.6) is 5.75 Å². The second-order valence-corrected chi connectivity index (χ2v) is 7.03. The predicted molar refractivity (Wildman–Crippen MR) is 121 cm³/mol. The Morgan fingerprint density at radius 3 is 2.65 bits per heavy atom. The molecule has 1 unspecified atom stereocenters. The quantitative estimate of drug-likeness (QED) is 0.359. The van der Waals surface area contributed by atoms with Crippen LogP contribution in [0.2, 0.25) is 0 Å². The van der Waals surface area contributed by atoms with Gasteiger partial charge in [-0.3, -0.25) is 4.99 Å². The largest absolute Gasteiger partial charge is 0.496 e. The molecule has 0 bridgehead atoms. The molecule has 0 aliphatic heterocycles. The molecule has 0 amide bonds. The second-order valence-electron chi connectivity index (χ2n) is 7.03. The smallest absolute Gasteiger partial charge is 0.191 e. The first-order valence-corrected chi connectivity index (χ1v) is 9.37. The van der Waals surface area contributed by atoms with Gasteiger partial charge in [0.2, 0.25) is 0 Å². The third-order valence-electron chi connectivity index (χ3n) is 5.13. The Hall–Kier alpha value is -1.02. The van der Waals surface area contributed by atoms with Crippen LogP contribution in [-0.4, -0.2) is 51.2 Å². The molecule has 1 fully saturated rings. The van der Waals surface area contributed by atoms with Gasteiger partial charge >= 0.3 is 0 Å². The predicted octanol–water partition coefficient (Wildman–Crippen LogP) is 3.72. The standard InChI is InChI=1S/C20H34N4O.HI/c1-15-10-11-19(25-5)18(14-15)16(2)23-20(21-3)22-12-13-24(4)17-8-6-7-9-17;/h10-11,14,16-17H,6-9,12-13H2,1-5H3,(H2,21,22,23);1H. The molecule has 1 atom stereocenters. The zero-order chi connectivity index (χ0) is 18.2. The summed E-state index contributed by atoms with van der Waals surface area (Å²) in [7, 11) is 5.76. The number of methoxy groups -OCH3 is 1. The lowest BCUT2D eigenvalue weighted by Crippen LogP contribution is -2.43. The van der Waals surface area contributed by atoms with E-state index in [0.717, 1.165) is 36.4 Å². The lowest BCUT2D eigenvalue weighted by molar-refractivity contribution is 0.249. The molecule has 1 saturated carbocycles. The van der Waals surface area contributed by atoms with Gasteiger partial charge in [-0.25, -0.2) is 0 Å². The van der Waals surface area contributed by atoms with Crippen molar-refractivity contribution in [2.45, 2.75) is 51.6 Å². The minimum Gasteiger partial charge on any atom is -0.496 e. The molecule has 0 spiro atoms. The fourth-order valence-electron chi connectivity index (χ4n) is 3.55. The molecule has 5 nitrogen and oxygen atoms in total. The van der Waals surface area contributed by atoms with E-state index in [0.29, 0.717) is 0 Å². The van der Waals surface area contributed by atoms with E-state index >= 15 is 0 Å². The molecule has 6 heteroatoms. The average Bonchev–Trinajstić information content (AvgIpc) is 3.15. The topological polar surface area (TPSA) is 48.9 Å². The van der Waals surface area contributed by atoms with Crippen LogP contribution in [0.15, 0.2) is 23.2 Å². The Balaban J connectivity index is 0.00000338. The minimum atomic E-state index is 0. The van der Waals surface area contributed by atoms with E-state index in [1.807, 2.05) is 13.1 Å². The van der Waals surface area contributed by atoms with Crippen molar-refractivity contribution < 1.29 is 4.74 Å². The van der Waals surface area contributed by atoms with Crippen molar-refractivity contribution in [2.75, 3.05) is 34.3 Å². The molecule has 1 aromatic carbocycles. The van der Waals surface area contributed by atoms with Crippen molar-refractivity contribution in [2.24, 2.45) is 4.99 Å². The van der Waals surface area contributed by atoms with Crippen molar-refractivity contribution in [1.82, 2.24) is 15.5 Å². The highest BCUT2D eigenvalue weighted by Crippen LogP contribution is 2.26. The number of hydrogen-bond acceptors (Lipinski definition) is 3. The van der Waals surface area contributed by atoms with Crippen molar-refractivity contribution in [3.63, 3.8) is 0 Å². The Morgan fingerprint density at radius 1 is 1.35 bits per heavy atom. The van der Waals surface area contributed by atoms with Gasteiger partial charge in [-0.15, -0.1) is 24.0 Å². The summed E-state index contributed by atoms with van der Waals surface area (Å²) in [6.07, 6.45) is 5.43. The van der Waals surface area contributed by atoms with Gasteiger partial charge in [0.1, 0.15) is 5.75 Å².